The molecule has 0 aromatic heterocycles. The minimum atomic E-state index is -1.35. The van der Waals surface area contributed by atoms with E-state index in [1.807, 2.05) is 0 Å². The van der Waals surface area contributed by atoms with Gasteiger partial charge in [-0.2, -0.15) is 0 Å². The molecule has 33 heavy (non-hydrogen) atoms. The molecule has 0 saturated heterocycles. The Morgan fingerprint density at radius 2 is 1.09 bits per heavy atom. The molecule has 186 valence electrons. The van der Waals surface area contributed by atoms with Crippen molar-refractivity contribution in [3.05, 3.63) is 34.9 Å². The Labute approximate surface area is 198 Å². The van der Waals surface area contributed by atoms with E-state index in [2.05, 4.69) is 6.92 Å². The van der Waals surface area contributed by atoms with E-state index in [1.54, 1.807) is 0 Å². The van der Waals surface area contributed by atoms with Gasteiger partial charge in [-0.15, -0.1) is 0 Å². The summed E-state index contributed by atoms with van der Waals surface area (Å²) < 4.78 is 5.19. The molecular weight excluding hydrogens is 420 g/mol. The quantitative estimate of drug-likeness (QED) is 0.154. The molecule has 6 heteroatoms. The standard InChI is InChI=1S/C27H42O6/c1-2-3-4-5-6-7-8-9-10-11-12-13-14-15-16-17-20-33-27(32)23-19-18-22(25(28)29)21-24(23)26(30)31/h18-19,21H,2-17,20H2,1H3,(H,28,29)(H,30,31). The van der Waals surface area contributed by atoms with Crippen LogP contribution in [0, 0.1) is 0 Å². The molecule has 0 aliphatic heterocycles. The number of carbonyl (C=O) groups excluding carboxylic acids is 1. The SMILES string of the molecule is CCCCCCCCCCCCCCCCCCOC(=O)c1ccc(C(=O)O)cc1C(=O)O. The lowest BCUT2D eigenvalue weighted by atomic mass is 10.0. The summed E-state index contributed by atoms with van der Waals surface area (Å²) in [6.07, 6.45) is 20.2. The lowest BCUT2D eigenvalue weighted by Gasteiger charge is -2.08. The maximum atomic E-state index is 12.2. The summed E-state index contributed by atoms with van der Waals surface area (Å²) >= 11 is 0. The van der Waals surface area contributed by atoms with Gasteiger partial charge >= 0.3 is 17.9 Å². The van der Waals surface area contributed by atoms with Crippen LogP contribution in [-0.2, 0) is 4.74 Å². The van der Waals surface area contributed by atoms with Crippen molar-refractivity contribution in [2.75, 3.05) is 6.61 Å². The number of rotatable bonds is 20. The molecule has 1 aromatic carbocycles. The van der Waals surface area contributed by atoms with E-state index >= 15 is 0 Å². The minimum absolute atomic E-state index is 0.121. The Morgan fingerprint density at radius 3 is 1.52 bits per heavy atom. The average molecular weight is 463 g/mol. The first-order valence-electron chi connectivity index (χ1n) is 12.7. The van der Waals surface area contributed by atoms with Gasteiger partial charge in [0.1, 0.15) is 0 Å². The van der Waals surface area contributed by atoms with Gasteiger partial charge in [-0.1, -0.05) is 103 Å². The highest BCUT2D eigenvalue weighted by molar-refractivity contribution is 6.04. The van der Waals surface area contributed by atoms with Gasteiger partial charge in [0.05, 0.1) is 23.3 Å². The van der Waals surface area contributed by atoms with E-state index in [0.717, 1.165) is 25.3 Å². The van der Waals surface area contributed by atoms with Crippen molar-refractivity contribution >= 4 is 17.9 Å². The van der Waals surface area contributed by atoms with Crippen molar-refractivity contribution in [3.63, 3.8) is 0 Å². The number of carbonyl (C=O) groups is 3. The number of carboxylic acids is 2. The second-order valence-electron chi connectivity index (χ2n) is 8.81. The van der Waals surface area contributed by atoms with Crippen LogP contribution in [0.15, 0.2) is 18.2 Å². The molecule has 0 spiro atoms. The summed E-state index contributed by atoms with van der Waals surface area (Å²) in [7, 11) is 0. The van der Waals surface area contributed by atoms with Gasteiger partial charge in [0, 0.05) is 0 Å². The molecule has 0 aliphatic carbocycles. The number of benzene rings is 1. The number of hydrogen-bond donors (Lipinski definition) is 2. The van der Waals surface area contributed by atoms with Crippen LogP contribution in [0.2, 0.25) is 0 Å². The molecule has 0 radical (unpaired) electrons. The fraction of sp³-hybridized carbons (Fsp3) is 0.667. The third-order valence-electron chi connectivity index (χ3n) is 5.95. The molecule has 0 atom stereocenters. The smallest absolute Gasteiger partial charge is 0.339 e. The monoisotopic (exact) mass is 462 g/mol. The molecule has 1 rings (SSSR count). The maximum Gasteiger partial charge on any atom is 0.339 e. The third-order valence-corrected chi connectivity index (χ3v) is 5.95. The number of ether oxygens (including phenoxy) is 1. The Balaban J connectivity index is 2.03. The van der Waals surface area contributed by atoms with Gasteiger partial charge in [0.25, 0.3) is 0 Å². The van der Waals surface area contributed by atoms with E-state index in [-0.39, 0.29) is 23.3 Å². The third kappa shape index (κ3) is 13.1. The fourth-order valence-corrected chi connectivity index (χ4v) is 3.92. The summed E-state index contributed by atoms with van der Waals surface area (Å²) in [6, 6.07) is 3.39. The predicted molar refractivity (Wildman–Crippen MR) is 130 cm³/mol. The molecule has 0 saturated carbocycles. The summed E-state index contributed by atoms with van der Waals surface area (Å²) in [5.41, 5.74) is -0.655. The van der Waals surface area contributed by atoms with Gasteiger partial charge in [0.2, 0.25) is 0 Å². The number of unbranched alkanes of at least 4 members (excludes halogenated alkanes) is 15. The molecule has 0 bridgehead atoms. The first-order chi connectivity index (χ1) is 16.0. The fourth-order valence-electron chi connectivity index (χ4n) is 3.92. The maximum absolute atomic E-state index is 12.2. The van der Waals surface area contributed by atoms with Crippen molar-refractivity contribution in [1.29, 1.82) is 0 Å². The van der Waals surface area contributed by atoms with Crippen LogP contribution in [0.1, 0.15) is 141 Å². The first-order valence-corrected chi connectivity index (χ1v) is 12.7. The Kier molecular flexibility index (Phi) is 15.7. The van der Waals surface area contributed by atoms with Crippen molar-refractivity contribution in [3.8, 4) is 0 Å². The van der Waals surface area contributed by atoms with Crippen LogP contribution in [0.5, 0.6) is 0 Å². The van der Waals surface area contributed by atoms with E-state index in [0.29, 0.717) is 0 Å². The highest BCUT2D eigenvalue weighted by atomic mass is 16.5. The summed E-state index contributed by atoms with van der Waals surface area (Å²) in [5, 5.41) is 18.2. The average Bonchev–Trinajstić information content (AvgIpc) is 2.80. The lowest BCUT2D eigenvalue weighted by molar-refractivity contribution is 0.0486. The van der Waals surface area contributed by atoms with Gasteiger partial charge in [-0.25, -0.2) is 14.4 Å². The van der Waals surface area contributed by atoms with Crippen LogP contribution < -0.4 is 0 Å². The van der Waals surface area contributed by atoms with Gasteiger partial charge in [-0.05, 0) is 24.6 Å². The first kappa shape index (κ1) is 28.7. The lowest BCUT2D eigenvalue weighted by Crippen LogP contribution is -2.13. The minimum Gasteiger partial charge on any atom is -0.478 e. The van der Waals surface area contributed by atoms with Gasteiger partial charge in [-0.3, -0.25) is 0 Å². The summed E-state index contributed by atoms with van der Waals surface area (Å²) in [5.74, 6) is -3.33. The van der Waals surface area contributed by atoms with Crippen molar-refractivity contribution in [2.45, 2.75) is 110 Å². The van der Waals surface area contributed by atoms with E-state index < -0.39 is 17.9 Å². The molecule has 2 N–H and O–H groups in total. The molecule has 6 nitrogen and oxygen atoms in total. The van der Waals surface area contributed by atoms with Crippen molar-refractivity contribution < 1.29 is 29.3 Å². The van der Waals surface area contributed by atoms with E-state index in [9.17, 15) is 19.5 Å². The Morgan fingerprint density at radius 1 is 0.636 bits per heavy atom. The zero-order valence-corrected chi connectivity index (χ0v) is 20.3. The van der Waals surface area contributed by atoms with Crippen LogP contribution in [0.4, 0.5) is 0 Å². The number of carboxylic acid groups (broad SMARTS) is 2. The second kappa shape index (κ2) is 18.1. The molecule has 0 heterocycles. The zero-order valence-electron chi connectivity index (χ0n) is 20.3. The largest absolute Gasteiger partial charge is 0.478 e. The van der Waals surface area contributed by atoms with Gasteiger partial charge < -0.3 is 14.9 Å². The van der Waals surface area contributed by atoms with Crippen LogP contribution in [-0.4, -0.2) is 34.7 Å². The van der Waals surface area contributed by atoms with Crippen LogP contribution >= 0.6 is 0 Å². The highest BCUT2D eigenvalue weighted by Crippen LogP contribution is 2.16. The topological polar surface area (TPSA) is 101 Å². The number of aromatic carboxylic acids is 2. The molecular formula is C27H42O6. The van der Waals surface area contributed by atoms with Gasteiger partial charge in [0.15, 0.2) is 0 Å². The normalized spacial score (nSPS) is 10.8. The second-order valence-corrected chi connectivity index (χ2v) is 8.81. The zero-order chi connectivity index (χ0) is 24.3. The Hall–Kier alpha value is -2.37. The summed E-state index contributed by atoms with van der Waals surface area (Å²) in [4.78, 5) is 34.5. The molecule has 0 unspecified atom stereocenters. The van der Waals surface area contributed by atoms with E-state index in [4.69, 9.17) is 9.84 Å². The molecule has 1 aromatic rings. The number of hydrogen-bond acceptors (Lipinski definition) is 4. The molecule has 0 aliphatic rings. The van der Waals surface area contributed by atoms with Crippen molar-refractivity contribution in [2.24, 2.45) is 0 Å². The predicted octanol–water partition coefficient (Wildman–Crippen LogP) is 7.50. The highest BCUT2D eigenvalue weighted by Gasteiger charge is 2.20. The van der Waals surface area contributed by atoms with E-state index in [1.165, 1.54) is 95.6 Å². The summed E-state index contributed by atoms with van der Waals surface area (Å²) in [6.45, 7) is 2.49. The number of esters is 1. The van der Waals surface area contributed by atoms with Crippen molar-refractivity contribution in [1.82, 2.24) is 0 Å². The van der Waals surface area contributed by atoms with Crippen LogP contribution in [0.3, 0.4) is 0 Å². The molecule has 0 amide bonds. The van der Waals surface area contributed by atoms with Crippen LogP contribution in [0.25, 0.3) is 0 Å². The Bertz CT molecular complexity index is 713. The molecule has 0 fully saturated rings.